The first kappa shape index (κ1) is 18.3. The molecule has 1 fully saturated rings. The lowest BCUT2D eigenvalue weighted by atomic mass is 10.2. The molecule has 1 N–H and O–H groups in total. The molecule has 1 heterocycles. The molecule has 0 bridgehead atoms. The van der Waals surface area contributed by atoms with E-state index in [9.17, 15) is 9.59 Å². The van der Waals surface area contributed by atoms with Crippen molar-refractivity contribution in [2.45, 2.75) is 19.8 Å². The molecular weight excluding hydrogens is 306 g/mol. The van der Waals surface area contributed by atoms with E-state index in [-0.39, 0.29) is 12.5 Å². The van der Waals surface area contributed by atoms with Gasteiger partial charge in [-0.25, -0.2) is 0 Å². The standard InChI is InChI=1S/C18H27N3O3/c1-2-9-21(15-18(23)24)17(22)8-10-19-11-13-20(14-12-19)16-6-4-3-5-7-16/h3-7H,2,8-15H2,1H3,(H,23,24). The zero-order valence-electron chi connectivity index (χ0n) is 14.4. The molecular formula is C18H27N3O3. The first-order chi connectivity index (χ1) is 11.6. The van der Waals surface area contributed by atoms with Crippen LogP contribution in [0.5, 0.6) is 0 Å². The molecule has 1 aliphatic rings. The summed E-state index contributed by atoms with van der Waals surface area (Å²) in [6.07, 6.45) is 1.16. The summed E-state index contributed by atoms with van der Waals surface area (Å²) in [6.45, 7) is 6.70. The summed E-state index contributed by atoms with van der Waals surface area (Å²) in [4.78, 5) is 29.2. The number of amides is 1. The number of para-hydroxylation sites is 1. The van der Waals surface area contributed by atoms with Crippen LogP contribution in [-0.2, 0) is 9.59 Å². The zero-order chi connectivity index (χ0) is 17.4. The number of hydrogen-bond donors (Lipinski definition) is 1. The van der Waals surface area contributed by atoms with Crippen molar-refractivity contribution in [2.75, 3.05) is 50.7 Å². The van der Waals surface area contributed by atoms with Crippen LogP contribution in [0.1, 0.15) is 19.8 Å². The average molecular weight is 333 g/mol. The molecule has 0 spiro atoms. The number of piperazine rings is 1. The fourth-order valence-corrected chi connectivity index (χ4v) is 3.01. The SMILES string of the molecule is CCCN(CC(=O)O)C(=O)CCN1CCN(c2ccccc2)CC1. The Hall–Kier alpha value is -2.08. The molecule has 0 radical (unpaired) electrons. The molecule has 0 unspecified atom stereocenters. The monoisotopic (exact) mass is 333 g/mol. The van der Waals surface area contributed by atoms with Crippen LogP contribution >= 0.6 is 0 Å². The third-order valence-electron chi connectivity index (χ3n) is 4.31. The van der Waals surface area contributed by atoms with Gasteiger partial charge in [-0.15, -0.1) is 0 Å². The summed E-state index contributed by atoms with van der Waals surface area (Å²) < 4.78 is 0. The predicted molar refractivity (Wildman–Crippen MR) is 94.2 cm³/mol. The number of hydrogen-bond acceptors (Lipinski definition) is 4. The molecule has 24 heavy (non-hydrogen) atoms. The Kier molecular flexibility index (Phi) is 7.06. The Morgan fingerprint density at radius 1 is 1.12 bits per heavy atom. The number of benzene rings is 1. The maximum atomic E-state index is 12.2. The normalized spacial score (nSPS) is 15.3. The predicted octanol–water partition coefficient (Wildman–Crippen LogP) is 1.52. The van der Waals surface area contributed by atoms with E-state index in [0.29, 0.717) is 19.5 Å². The Balaban J connectivity index is 1.75. The molecule has 1 amide bonds. The average Bonchev–Trinajstić information content (AvgIpc) is 2.60. The van der Waals surface area contributed by atoms with Gasteiger partial charge in [-0.05, 0) is 18.6 Å². The van der Waals surface area contributed by atoms with Crippen LogP contribution in [0.25, 0.3) is 0 Å². The van der Waals surface area contributed by atoms with Gasteiger partial charge in [0.05, 0.1) is 0 Å². The third-order valence-corrected chi connectivity index (χ3v) is 4.31. The lowest BCUT2D eigenvalue weighted by molar-refractivity contribution is -0.144. The van der Waals surface area contributed by atoms with Crippen molar-refractivity contribution in [2.24, 2.45) is 0 Å². The van der Waals surface area contributed by atoms with Crippen LogP contribution in [0.2, 0.25) is 0 Å². The summed E-state index contributed by atoms with van der Waals surface area (Å²) in [6, 6.07) is 10.3. The minimum Gasteiger partial charge on any atom is -0.480 e. The molecule has 1 aromatic rings. The van der Waals surface area contributed by atoms with Crippen LogP contribution in [0.3, 0.4) is 0 Å². The van der Waals surface area contributed by atoms with Gasteiger partial charge in [0.1, 0.15) is 6.54 Å². The van der Waals surface area contributed by atoms with E-state index in [1.807, 2.05) is 25.1 Å². The summed E-state index contributed by atoms with van der Waals surface area (Å²) in [7, 11) is 0. The topological polar surface area (TPSA) is 64.1 Å². The summed E-state index contributed by atoms with van der Waals surface area (Å²) >= 11 is 0. The molecule has 6 heteroatoms. The van der Waals surface area contributed by atoms with Gasteiger partial charge in [0.2, 0.25) is 5.91 Å². The minimum atomic E-state index is -0.951. The molecule has 1 saturated heterocycles. The van der Waals surface area contributed by atoms with Crippen LogP contribution in [-0.4, -0.2) is 72.6 Å². The Morgan fingerprint density at radius 2 is 1.79 bits per heavy atom. The van der Waals surface area contributed by atoms with Crippen molar-refractivity contribution in [1.29, 1.82) is 0 Å². The van der Waals surface area contributed by atoms with Crippen molar-refractivity contribution >= 4 is 17.6 Å². The van der Waals surface area contributed by atoms with Crippen molar-refractivity contribution in [3.8, 4) is 0 Å². The molecule has 0 aromatic heterocycles. The number of carboxylic acid groups (broad SMARTS) is 1. The Labute approximate surface area is 143 Å². The highest BCUT2D eigenvalue weighted by Crippen LogP contribution is 2.15. The van der Waals surface area contributed by atoms with Crippen molar-refractivity contribution in [1.82, 2.24) is 9.80 Å². The van der Waals surface area contributed by atoms with Crippen molar-refractivity contribution in [3.05, 3.63) is 30.3 Å². The first-order valence-corrected chi connectivity index (χ1v) is 8.62. The Morgan fingerprint density at radius 3 is 2.38 bits per heavy atom. The van der Waals surface area contributed by atoms with E-state index in [1.165, 1.54) is 10.6 Å². The van der Waals surface area contributed by atoms with Gasteiger partial charge in [0.15, 0.2) is 0 Å². The largest absolute Gasteiger partial charge is 0.480 e. The third kappa shape index (κ3) is 5.53. The van der Waals surface area contributed by atoms with E-state index >= 15 is 0 Å². The first-order valence-electron chi connectivity index (χ1n) is 8.62. The molecule has 6 nitrogen and oxygen atoms in total. The van der Waals surface area contributed by atoms with E-state index in [0.717, 1.165) is 32.6 Å². The second-order valence-electron chi connectivity index (χ2n) is 6.12. The zero-order valence-corrected chi connectivity index (χ0v) is 14.4. The molecule has 2 rings (SSSR count). The molecule has 1 aromatic carbocycles. The fraction of sp³-hybridized carbons (Fsp3) is 0.556. The second-order valence-corrected chi connectivity index (χ2v) is 6.12. The van der Waals surface area contributed by atoms with Gasteiger partial charge >= 0.3 is 5.97 Å². The highest BCUT2D eigenvalue weighted by molar-refractivity contribution is 5.81. The molecule has 0 atom stereocenters. The van der Waals surface area contributed by atoms with Gasteiger partial charge in [-0.1, -0.05) is 25.1 Å². The van der Waals surface area contributed by atoms with Crippen LogP contribution in [0.15, 0.2) is 30.3 Å². The van der Waals surface area contributed by atoms with Gasteiger partial charge in [-0.3, -0.25) is 14.5 Å². The minimum absolute atomic E-state index is 0.0651. The van der Waals surface area contributed by atoms with E-state index in [1.54, 1.807) is 0 Å². The number of aliphatic carboxylic acids is 1. The van der Waals surface area contributed by atoms with Gasteiger partial charge in [-0.2, -0.15) is 0 Å². The lowest BCUT2D eigenvalue weighted by Gasteiger charge is -2.36. The van der Waals surface area contributed by atoms with Gasteiger partial charge < -0.3 is 14.9 Å². The number of nitrogens with zero attached hydrogens (tertiary/aromatic N) is 3. The highest BCUT2D eigenvalue weighted by Gasteiger charge is 2.20. The van der Waals surface area contributed by atoms with Gasteiger partial charge in [0.25, 0.3) is 0 Å². The van der Waals surface area contributed by atoms with E-state index < -0.39 is 5.97 Å². The summed E-state index contributed by atoms with van der Waals surface area (Å²) in [5, 5.41) is 8.90. The van der Waals surface area contributed by atoms with Crippen LogP contribution in [0.4, 0.5) is 5.69 Å². The molecule has 0 saturated carbocycles. The molecule has 1 aliphatic heterocycles. The number of carboxylic acids is 1. The van der Waals surface area contributed by atoms with Crippen molar-refractivity contribution in [3.63, 3.8) is 0 Å². The fourth-order valence-electron chi connectivity index (χ4n) is 3.01. The number of carbonyl (C=O) groups excluding carboxylic acids is 1. The maximum absolute atomic E-state index is 12.2. The van der Waals surface area contributed by atoms with Crippen LogP contribution in [0, 0.1) is 0 Å². The quantitative estimate of drug-likeness (QED) is 0.781. The Bertz CT molecular complexity index is 528. The number of rotatable bonds is 8. The van der Waals surface area contributed by atoms with E-state index in [2.05, 4.69) is 21.9 Å². The molecule has 132 valence electrons. The van der Waals surface area contributed by atoms with Crippen molar-refractivity contribution < 1.29 is 14.7 Å². The van der Waals surface area contributed by atoms with E-state index in [4.69, 9.17) is 5.11 Å². The second kappa shape index (κ2) is 9.27. The maximum Gasteiger partial charge on any atom is 0.323 e. The van der Waals surface area contributed by atoms with Crippen LogP contribution < -0.4 is 4.90 Å². The smallest absolute Gasteiger partial charge is 0.323 e. The number of anilines is 1. The summed E-state index contributed by atoms with van der Waals surface area (Å²) in [5.74, 6) is -1.02. The van der Waals surface area contributed by atoms with Gasteiger partial charge in [0, 0.05) is 51.4 Å². The molecule has 0 aliphatic carbocycles. The lowest BCUT2D eigenvalue weighted by Crippen LogP contribution is -2.47. The number of carbonyl (C=O) groups is 2. The summed E-state index contributed by atoms with van der Waals surface area (Å²) in [5.41, 5.74) is 1.24. The highest BCUT2D eigenvalue weighted by atomic mass is 16.4.